The van der Waals surface area contributed by atoms with Crippen LogP contribution in [0.1, 0.15) is 45.1 Å². The molecule has 2 aliphatic heterocycles. The van der Waals surface area contributed by atoms with Crippen molar-refractivity contribution in [3.8, 4) is 0 Å². The van der Waals surface area contributed by atoms with E-state index < -0.39 is 16.0 Å². The van der Waals surface area contributed by atoms with E-state index in [1.165, 1.54) is 11.8 Å². The number of benzene rings is 1. The maximum absolute atomic E-state index is 12.8. The molecule has 1 aromatic heterocycles. The van der Waals surface area contributed by atoms with Gasteiger partial charge in [-0.1, -0.05) is 0 Å². The lowest BCUT2D eigenvalue weighted by Gasteiger charge is -2.22. The molecular formula is C22H25N3O6S2. The quantitative estimate of drug-likeness (QED) is 0.430. The van der Waals surface area contributed by atoms with Gasteiger partial charge >= 0.3 is 5.97 Å². The van der Waals surface area contributed by atoms with E-state index >= 15 is 0 Å². The average molecular weight is 492 g/mol. The van der Waals surface area contributed by atoms with Crippen LogP contribution in [0.2, 0.25) is 0 Å². The van der Waals surface area contributed by atoms with E-state index in [1.54, 1.807) is 31.4 Å². The highest BCUT2D eigenvalue weighted by Crippen LogP contribution is 2.42. The number of esters is 1. The molecule has 1 aromatic carbocycles. The summed E-state index contributed by atoms with van der Waals surface area (Å²) in [6, 6.07) is 6.86. The molecule has 4 rings (SSSR count). The summed E-state index contributed by atoms with van der Waals surface area (Å²) in [6.45, 7) is 6.27. The molecular weight excluding hydrogens is 466 g/mol. The van der Waals surface area contributed by atoms with Crippen molar-refractivity contribution in [2.45, 2.75) is 31.7 Å². The summed E-state index contributed by atoms with van der Waals surface area (Å²) < 4.78 is 39.9. The molecule has 2 aromatic rings. The molecule has 0 fully saturated rings. The van der Waals surface area contributed by atoms with E-state index in [1.807, 2.05) is 30.2 Å². The fraction of sp³-hybridized carbons (Fsp3) is 0.409. The summed E-state index contributed by atoms with van der Waals surface area (Å²) in [7, 11) is -1.82. The van der Waals surface area contributed by atoms with Crippen LogP contribution in [0.5, 0.6) is 0 Å². The third kappa shape index (κ3) is 4.57. The maximum atomic E-state index is 12.8. The Balaban J connectivity index is 1.45. The number of aryl methyl sites for hydroxylation is 1. The summed E-state index contributed by atoms with van der Waals surface area (Å²) in [5, 5.41) is 0.384. The first-order valence-corrected chi connectivity index (χ1v) is 12.8. The minimum absolute atomic E-state index is 0.0483. The average Bonchev–Trinajstić information content (AvgIpc) is 3.25. The summed E-state index contributed by atoms with van der Waals surface area (Å²) in [4.78, 5) is 27.9. The summed E-state index contributed by atoms with van der Waals surface area (Å²) in [5.74, 6) is -0.944. The summed E-state index contributed by atoms with van der Waals surface area (Å²) >= 11 is 1.20. The highest BCUT2D eigenvalue weighted by atomic mass is 32.2. The molecule has 0 saturated carbocycles. The zero-order valence-corrected chi connectivity index (χ0v) is 20.5. The normalized spacial score (nSPS) is 17.2. The number of anilines is 1. The first-order chi connectivity index (χ1) is 15.6. The van der Waals surface area contributed by atoms with Gasteiger partial charge in [-0.15, -0.1) is 4.40 Å². The topological polar surface area (TPSA) is 107 Å². The van der Waals surface area contributed by atoms with Crippen molar-refractivity contribution in [3.05, 3.63) is 46.8 Å². The van der Waals surface area contributed by atoms with Gasteiger partial charge in [-0.2, -0.15) is 0 Å². The Kier molecular flexibility index (Phi) is 6.39. The SMILES string of the molecule is COCC(C)n1c(C)cc(C(=O)COC(=O)c2ccc3c(c2)SC2=NS(=O)(=O)CCN23)c1C. The number of methoxy groups -OCH3 is 1. The molecule has 9 nitrogen and oxygen atoms in total. The van der Waals surface area contributed by atoms with Crippen molar-refractivity contribution >= 4 is 44.4 Å². The second-order valence-electron chi connectivity index (χ2n) is 8.05. The lowest BCUT2D eigenvalue weighted by molar-refractivity contribution is 0.0474. The molecule has 3 heterocycles. The Labute approximate surface area is 196 Å². The van der Waals surface area contributed by atoms with Crippen molar-refractivity contribution < 1.29 is 27.5 Å². The van der Waals surface area contributed by atoms with Crippen LogP contribution in [0.15, 0.2) is 33.6 Å². The predicted molar refractivity (Wildman–Crippen MR) is 126 cm³/mol. The van der Waals surface area contributed by atoms with Crippen molar-refractivity contribution in [3.63, 3.8) is 0 Å². The molecule has 1 unspecified atom stereocenters. The van der Waals surface area contributed by atoms with E-state index in [9.17, 15) is 18.0 Å². The maximum Gasteiger partial charge on any atom is 0.338 e. The largest absolute Gasteiger partial charge is 0.454 e. The number of ketones is 1. The Morgan fingerprint density at radius 2 is 2.00 bits per heavy atom. The number of carbonyl (C=O) groups excluding carboxylic acids is 2. The molecule has 0 aliphatic carbocycles. The lowest BCUT2D eigenvalue weighted by atomic mass is 10.1. The number of amidine groups is 1. The Morgan fingerprint density at radius 1 is 1.24 bits per heavy atom. The lowest BCUT2D eigenvalue weighted by Crippen LogP contribution is -2.35. The van der Waals surface area contributed by atoms with Crippen LogP contribution in [-0.4, -0.2) is 62.5 Å². The molecule has 2 aliphatic rings. The van der Waals surface area contributed by atoms with Crippen molar-refractivity contribution in [1.29, 1.82) is 0 Å². The molecule has 1 atom stereocenters. The second-order valence-corrected chi connectivity index (χ2v) is 10.8. The molecule has 0 spiro atoms. The van der Waals surface area contributed by atoms with Gasteiger partial charge in [0.15, 0.2) is 11.8 Å². The Hall–Kier alpha value is -2.63. The standard InChI is InChI=1S/C22H25N3O6S2/c1-13-9-17(15(3)25(13)14(2)11-30-4)19(26)12-31-21(27)16-5-6-18-20(10-16)32-22-23-33(28,29)8-7-24(18)22/h5-6,9-10,14H,7-8,11-12H2,1-4H3. The second kappa shape index (κ2) is 8.96. The van der Waals surface area contributed by atoms with Crippen LogP contribution in [-0.2, 0) is 19.5 Å². The number of hydrogen-bond donors (Lipinski definition) is 0. The van der Waals surface area contributed by atoms with Gasteiger partial charge in [-0.3, -0.25) is 4.79 Å². The minimum atomic E-state index is -3.45. The van der Waals surface area contributed by atoms with Gasteiger partial charge < -0.3 is 18.9 Å². The van der Waals surface area contributed by atoms with E-state index in [0.29, 0.717) is 23.9 Å². The van der Waals surface area contributed by atoms with E-state index in [-0.39, 0.29) is 29.7 Å². The van der Waals surface area contributed by atoms with E-state index in [2.05, 4.69) is 4.40 Å². The van der Waals surface area contributed by atoms with Crippen LogP contribution in [0.25, 0.3) is 0 Å². The summed E-state index contributed by atoms with van der Waals surface area (Å²) in [5.41, 5.74) is 3.35. The van der Waals surface area contributed by atoms with Crippen molar-refractivity contribution in [1.82, 2.24) is 4.57 Å². The van der Waals surface area contributed by atoms with Crippen LogP contribution in [0, 0.1) is 13.8 Å². The predicted octanol–water partition coefficient (Wildman–Crippen LogP) is 2.96. The fourth-order valence-electron chi connectivity index (χ4n) is 4.20. The fourth-order valence-corrected chi connectivity index (χ4v) is 6.50. The number of sulfonamides is 1. The van der Waals surface area contributed by atoms with Gasteiger partial charge in [-0.05, 0) is 56.8 Å². The zero-order chi connectivity index (χ0) is 23.9. The van der Waals surface area contributed by atoms with Crippen LogP contribution < -0.4 is 4.90 Å². The Morgan fingerprint density at radius 3 is 2.73 bits per heavy atom. The third-order valence-corrected chi connectivity index (χ3v) is 7.98. The van der Waals surface area contributed by atoms with E-state index in [4.69, 9.17) is 9.47 Å². The Bertz CT molecular complexity index is 1270. The van der Waals surface area contributed by atoms with Gasteiger partial charge in [0.05, 0.1) is 29.7 Å². The number of ether oxygens (including phenoxy) is 2. The van der Waals surface area contributed by atoms with Gasteiger partial charge in [0, 0.05) is 35.5 Å². The van der Waals surface area contributed by atoms with Gasteiger partial charge in [0.25, 0.3) is 10.0 Å². The molecule has 0 radical (unpaired) electrons. The first kappa shape index (κ1) is 23.5. The molecule has 11 heteroatoms. The highest BCUT2D eigenvalue weighted by Gasteiger charge is 2.33. The number of aromatic nitrogens is 1. The molecule has 176 valence electrons. The molecule has 33 heavy (non-hydrogen) atoms. The number of rotatable bonds is 7. The van der Waals surface area contributed by atoms with E-state index in [0.717, 1.165) is 22.0 Å². The molecule has 0 N–H and O–H groups in total. The third-order valence-electron chi connectivity index (χ3n) is 5.68. The summed E-state index contributed by atoms with van der Waals surface area (Å²) in [6.07, 6.45) is 0. The van der Waals surface area contributed by atoms with Gasteiger partial charge in [0.1, 0.15) is 0 Å². The number of fused-ring (bicyclic) bond motifs is 3. The van der Waals surface area contributed by atoms with Crippen LogP contribution >= 0.6 is 11.8 Å². The first-order valence-electron chi connectivity index (χ1n) is 10.4. The minimum Gasteiger partial charge on any atom is -0.454 e. The number of hydrogen-bond acceptors (Lipinski definition) is 8. The van der Waals surface area contributed by atoms with Crippen LogP contribution in [0.3, 0.4) is 0 Å². The van der Waals surface area contributed by atoms with Gasteiger partial charge in [-0.25, -0.2) is 13.2 Å². The number of carbonyl (C=O) groups is 2. The number of nitrogens with zero attached hydrogens (tertiary/aromatic N) is 3. The van der Waals surface area contributed by atoms with Gasteiger partial charge in [0.2, 0.25) is 5.78 Å². The van der Waals surface area contributed by atoms with Crippen molar-refractivity contribution in [2.24, 2.45) is 4.40 Å². The molecule has 0 saturated heterocycles. The smallest absolute Gasteiger partial charge is 0.338 e. The molecule has 0 amide bonds. The zero-order valence-electron chi connectivity index (χ0n) is 18.8. The van der Waals surface area contributed by atoms with Crippen molar-refractivity contribution in [2.75, 3.05) is 37.5 Å². The molecule has 0 bridgehead atoms. The number of Topliss-reactive ketones (excluding diaryl/α,β-unsaturated/α-hetero) is 1. The monoisotopic (exact) mass is 491 g/mol. The number of thioether (sulfide) groups is 1. The van der Waals surface area contributed by atoms with Crippen LogP contribution in [0.4, 0.5) is 5.69 Å². The highest BCUT2D eigenvalue weighted by molar-refractivity contribution is 8.15.